The summed E-state index contributed by atoms with van der Waals surface area (Å²) in [6, 6.07) is 0. The van der Waals surface area contributed by atoms with Crippen molar-refractivity contribution >= 4 is 0 Å². The van der Waals surface area contributed by atoms with Gasteiger partial charge in [0, 0.05) is 12.5 Å². The van der Waals surface area contributed by atoms with Crippen LogP contribution in [0.15, 0.2) is 24.0 Å². The van der Waals surface area contributed by atoms with E-state index in [1.54, 1.807) is 13.0 Å². The summed E-state index contributed by atoms with van der Waals surface area (Å²) in [5.41, 5.74) is 0. The summed E-state index contributed by atoms with van der Waals surface area (Å²) in [5, 5.41) is 0. The van der Waals surface area contributed by atoms with E-state index >= 15 is 0 Å². The van der Waals surface area contributed by atoms with Crippen molar-refractivity contribution in [2.24, 2.45) is 0 Å². The normalized spacial score (nSPS) is 29.2. The van der Waals surface area contributed by atoms with Crippen molar-refractivity contribution < 1.29 is 9.47 Å². The van der Waals surface area contributed by atoms with Crippen LogP contribution in [0, 0.1) is 23.7 Å². The Kier molecular flexibility index (Phi) is 3.34. The molecule has 0 bridgehead atoms. The van der Waals surface area contributed by atoms with Crippen molar-refractivity contribution in [2.45, 2.75) is 32.0 Å². The lowest BCUT2D eigenvalue weighted by Gasteiger charge is -2.31. The highest BCUT2D eigenvalue weighted by molar-refractivity contribution is 5.35. The van der Waals surface area contributed by atoms with Crippen LogP contribution >= 0.6 is 0 Å². The van der Waals surface area contributed by atoms with E-state index in [9.17, 15) is 0 Å². The maximum absolute atomic E-state index is 5.75. The first-order chi connectivity index (χ1) is 7.85. The van der Waals surface area contributed by atoms with Crippen molar-refractivity contribution in [3.05, 3.63) is 24.0 Å². The fourth-order valence-corrected chi connectivity index (χ4v) is 1.76. The van der Waals surface area contributed by atoms with Gasteiger partial charge in [-0.05, 0) is 43.8 Å². The number of rotatable bonds is 0. The molecular formula is C14H14O2. The third kappa shape index (κ3) is 2.48. The minimum absolute atomic E-state index is 0.512. The van der Waals surface area contributed by atoms with Crippen molar-refractivity contribution in [1.82, 2.24) is 0 Å². The van der Waals surface area contributed by atoms with Gasteiger partial charge in [-0.15, -0.1) is 0 Å². The number of hydrogen-bond acceptors (Lipinski definition) is 2. The van der Waals surface area contributed by atoms with Crippen LogP contribution in [0.3, 0.4) is 0 Å². The largest absolute Gasteiger partial charge is 0.458 e. The molecule has 1 saturated heterocycles. The van der Waals surface area contributed by atoms with Crippen molar-refractivity contribution in [3.8, 4) is 23.7 Å². The SMILES string of the molecule is CC#CC#C/C=C1/C=C[C@]2(CCCCO2)O1. The first-order valence-corrected chi connectivity index (χ1v) is 5.49. The third-order valence-electron chi connectivity index (χ3n) is 2.53. The van der Waals surface area contributed by atoms with E-state index < -0.39 is 5.79 Å². The number of hydrogen-bond donors (Lipinski definition) is 0. The zero-order valence-electron chi connectivity index (χ0n) is 9.38. The van der Waals surface area contributed by atoms with Crippen LogP contribution in [0.25, 0.3) is 0 Å². The van der Waals surface area contributed by atoms with Gasteiger partial charge < -0.3 is 9.47 Å². The predicted molar refractivity (Wildman–Crippen MR) is 62.1 cm³/mol. The number of ether oxygens (including phenoxy) is 2. The van der Waals surface area contributed by atoms with Crippen LogP contribution in [0.2, 0.25) is 0 Å². The second-order valence-electron chi connectivity index (χ2n) is 3.74. The van der Waals surface area contributed by atoms with E-state index in [4.69, 9.17) is 9.47 Å². The summed E-state index contributed by atoms with van der Waals surface area (Å²) in [6.45, 7) is 2.53. The molecule has 0 aliphatic carbocycles. The van der Waals surface area contributed by atoms with Gasteiger partial charge in [0.15, 0.2) is 0 Å². The molecule has 82 valence electrons. The number of allylic oxidation sites excluding steroid dienone is 2. The summed E-state index contributed by atoms with van der Waals surface area (Å²) in [7, 11) is 0. The van der Waals surface area contributed by atoms with E-state index in [1.165, 1.54) is 0 Å². The Labute approximate surface area is 96.3 Å². The van der Waals surface area contributed by atoms with Gasteiger partial charge in [-0.25, -0.2) is 0 Å². The molecule has 0 amide bonds. The predicted octanol–water partition coefficient (Wildman–Crippen LogP) is 2.38. The molecule has 0 aromatic carbocycles. The smallest absolute Gasteiger partial charge is 0.230 e. The topological polar surface area (TPSA) is 18.5 Å². The molecule has 16 heavy (non-hydrogen) atoms. The molecule has 1 atom stereocenters. The molecular weight excluding hydrogens is 200 g/mol. The monoisotopic (exact) mass is 214 g/mol. The molecule has 0 saturated carbocycles. The van der Waals surface area contributed by atoms with Crippen LogP contribution in [0.1, 0.15) is 26.2 Å². The molecule has 2 aliphatic rings. The lowest BCUT2D eigenvalue weighted by atomic mass is 10.1. The van der Waals surface area contributed by atoms with E-state index in [0.29, 0.717) is 0 Å². The van der Waals surface area contributed by atoms with Crippen LogP contribution in [-0.2, 0) is 9.47 Å². The van der Waals surface area contributed by atoms with E-state index in [0.717, 1.165) is 31.6 Å². The first kappa shape index (κ1) is 10.9. The molecule has 0 radical (unpaired) electrons. The first-order valence-electron chi connectivity index (χ1n) is 5.49. The molecule has 2 aliphatic heterocycles. The van der Waals surface area contributed by atoms with Gasteiger partial charge in [-0.2, -0.15) is 0 Å². The lowest BCUT2D eigenvalue weighted by molar-refractivity contribution is -0.191. The Morgan fingerprint density at radius 1 is 1.38 bits per heavy atom. The highest BCUT2D eigenvalue weighted by atomic mass is 16.7. The van der Waals surface area contributed by atoms with Gasteiger partial charge >= 0.3 is 0 Å². The van der Waals surface area contributed by atoms with Gasteiger partial charge in [0.2, 0.25) is 5.79 Å². The molecule has 0 N–H and O–H groups in total. The maximum atomic E-state index is 5.75. The van der Waals surface area contributed by atoms with Crippen LogP contribution < -0.4 is 0 Å². The quantitative estimate of drug-likeness (QED) is 0.576. The summed E-state index contributed by atoms with van der Waals surface area (Å²) >= 11 is 0. The van der Waals surface area contributed by atoms with Crippen molar-refractivity contribution in [3.63, 3.8) is 0 Å². The Morgan fingerprint density at radius 2 is 2.31 bits per heavy atom. The van der Waals surface area contributed by atoms with Gasteiger partial charge in [-0.1, -0.05) is 11.8 Å². The summed E-state index contributed by atoms with van der Waals surface area (Å²) in [5.74, 6) is 11.2. The molecule has 1 spiro atoms. The summed E-state index contributed by atoms with van der Waals surface area (Å²) in [4.78, 5) is 0. The van der Waals surface area contributed by atoms with Gasteiger partial charge in [0.25, 0.3) is 0 Å². The van der Waals surface area contributed by atoms with E-state index in [2.05, 4.69) is 23.7 Å². The molecule has 2 heterocycles. The van der Waals surface area contributed by atoms with E-state index in [1.807, 2.05) is 12.2 Å². The Hall–Kier alpha value is -1.64. The Balaban J connectivity index is 2.00. The average Bonchev–Trinajstić information content (AvgIpc) is 2.69. The standard InChI is InChI=1S/C14H14O2/c1-2-3-4-5-8-13-9-11-14(16-13)10-6-7-12-15-14/h8-9,11H,6-7,10,12H2,1H3/b13-8-/t14-/m0/s1. The molecule has 1 fully saturated rings. The molecule has 2 heteroatoms. The van der Waals surface area contributed by atoms with Gasteiger partial charge in [0.05, 0.1) is 6.61 Å². The second kappa shape index (κ2) is 4.92. The molecule has 2 rings (SSSR count). The zero-order valence-corrected chi connectivity index (χ0v) is 9.38. The minimum atomic E-state index is -0.512. The third-order valence-corrected chi connectivity index (χ3v) is 2.53. The summed E-state index contributed by atoms with van der Waals surface area (Å²) in [6.07, 6.45) is 8.80. The van der Waals surface area contributed by atoms with Gasteiger partial charge in [0.1, 0.15) is 5.76 Å². The van der Waals surface area contributed by atoms with Crippen molar-refractivity contribution in [1.29, 1.82) is 0 Å². The molecule has 0 unspecified atom stereocenters. The van der Waals surface area contributed by atoms with Gasteiger partial charge in [-0.3, -0.25) is 0 Å². The average molecular weight is 214 g/mol. The lowest BCUT2D eigenvalue weighted by Crippen LogP contribution is -2.34. The zero-order chi connectivity index (χ0) is 11.3. The summed E-state index contributed by atoms with van der Waals surface area (Å²) < 4.78 is 11.4. The highest BCUT2D eigenvalue weighted by Crippen LogP contribution is 2.34. The molecule has 2 nitrogen and oxygen atoms in total. The van der Waals surface area contributed by atoms with Crippen molar-refractivity contribution in [2.75, 3.05) is 6.61 Å². The fourth-order valence-electron chi connectivity index (χ4n) is 1.76. The maximum Gasteiger partial charge on any atom is 0.230 e. The second-order valence-corrected chi connectivity index (χ2v) is 3.74. The van der Waals surface area contributed by atoms with Crippen LogP contribution in [0.4, 0.5) is 0 Å². The molecule has 0 aromatic heterocycles. The van der Waals surface area contributed by atoms with E-state index in [-0.39, 0.29) is 0 Å². The molecule has 0 aromatic rings. The highest BCUT2D eigenvalue weighted by Gasteiger charge is 2.36. The fraction of sp³-hybridized carbons (Fsp3) is 0.429. The Bertz CT molecular complexity index is 429. The Morgan fingerprint density at radius 3 is 3.06 bits per heavy atom. The minimum Gasteiger partial charge on any atom is -0.458 e. The van der Waals surface area contributed by atoms with Crippen LogP contribution in [-0.4, -0.2) is 12.4 Å². The van der Waals surface area contributed by atoms with Crippen LogP contribution in [0.5, 0.6) is 0 Å².